The summed E-state index contributed by atoms with van der Waals surface area (Å²) in [6.45, 7) is 0.971. The molecule has 0 aromatic carbocycles. The van der Waals surface area contributed by atoms with Crippen LogP contribution in [0.4, 0.5) is 26.3 Å². The van der Waals surface area contributed by atoms with Crippen molar-refractivity contribution in [1.82, 2.24) is 9.97 Å². The highest BCUT2D eigenvalue weighted by molar-refractivity contribution is 5.30. The van der Waals surface area contributed by atoms with Crippen molar-refractivity contribution in [2.75, 3.05) is 0 Å². The van der Waals surface area contributed by atoms with Gasteiger partial charge in [0, 0.05) is 11.3 Å². The van der Waals surface area contributed by atoms with Crippen LogP contribution in [-0.4, -0.2) is 9.97 Å². The number of alkyl halides is 6. The highest BCUT2D eigenvalue weighted by Gasteiger charge is 2.42. The molecule has 0 atom stereocenters. The molecule has 0 N–H and O–H groups in total. The van der Waals surface area contributed by atoms with E-state index in [0.29, 0.717) is 0 Å². The lowest BCUT2D eigenvalue weighted by atomic mass is 10.1. The maximum Gasteiger partial charge on any atom is 0.451 e. The van der Waals surface area contributed by atoms with Crippen LogP contribution in [0.3, 0.4) is 0 Å². The van der Waals surface area contributed by atoms with E-state index in [1.54, 1.807) is 0 Å². The summed E-state index contributed by atoms with van der Waals surface area (Å²) < 4.78 is 74.5. The highest BCUT2D eigenvalue weighted by atomic mass is 19.4. The molecule has 3 nitrogen and oxygen atoms in total. The monoisotopic (exact) mass is 269 g/mol. The minimum Gasteiger partial charge on any atom is -0.229 e. The minimum absolute atomic E-state index is 0.508. The summed E-state index contributed by atoms with van der Waals surface area (Å²) in [4.78, 5) is 5.43. The lowest BCUT2D eigenvalue weighted by molar-refractivity contribution is -0.153. The number of nitriles is 1. The van der Waals surface area contributed by atoms with Gasteiger partial charge in [-0.1, -0.05) is 0 Å². The third-order valence-corrected chi connectivity index (χ3v) is 1.99. The third-order valence-electron chi connectivity index (χ3n) is 1.99. The number of hydrogen-bond acceptors (Lipinski definition) is 3. The van der Waals surface area contributed by atoms with Gasteiger partial charge in [0.15, 0.2) is 5.69 Å². The molecule has 0 unspecified atom stereocenters. The van der Waals surface area contributed by atoms with Crippen molar-refractivity contribution < 1.29 is 26.3 Å². The van der Waals surface area contributed by atoms with Crippen LogP contribution in [0.2, 0.25) is 0 Å². The summed E-state index contributed by atoms with van der Waals surface area (Å²) in [7, 11) is 0. The molecule has 9 heteroatoms. The summed E-state index contributed by atoms with van der Waals surface area (Å²) in [5.74, 6) is -1.87. The molecule has 1 heterocycles. The van der Waals surface area contributed by atoms with Gasteiger partial charge in [0.2, 0.25) is 5.82 Å². The first-order valence-corrected chi connectivity index (χ1v) is 4.46. The Morgan fingerprint density at radius 3 is 2.00 bits per heavy atom. The lowest BCUT2D eigenvalue weighted by Gasteiger charge is -2.14. The molecule has 0 aliphatic heterocycles. The average Bonchev–Trinajstić information content (AvgIpc) is 2.17. The molecule has 0 fully saturated rings. The first kappa shape index (κ1) is 14.2. The number of rotatable bonds is 1. The van der Waals surface area contributed by atoms with Crippen molar-refractivity contribution in [3.63, 3.8) is 0 Å². The molecule has 1 aromatic rings. The van der Waals surface area contributed by atoms with E-state index in [1.165, 1.54) is 6.07 Å². The molecule has 18 heavy (non-hydrogen) atoms. The molecule has 0 aliphatic carbocycles. The minimum atomic E-state index is -5.07. The average molecular weight is 269 g/mol. The van der Waals surface area contributed by atoms with E-state index in [2.05, 4.69) is 9.97 Å². The molecule has 1 aromatic heterocycles. The van der Waals surface area contributed by atoms with Crippen molar-refractivity contribution in [2.24, 2.45) is 0 Å². The first-order valence-electron chi connectivity index (χ1n) is 4.46. The molecule has 0 saturated carbocycles. The molecule has 0 aliphatic rings. The SMILES string of the molecule is Cc1nc(C(F)(F)F)nc(C(F)(F)F)c1CC#N. The van der Waals surface area contributed by atoms with E-state index in [4.69, 9.17) is 5.26 Å². The van der Waals surface area contributed by atoms with Crippen LogP contribution in [0.1, 0.15) is 22.8 Å². The predicted octanol–water partition coefficient (Wildman–Crippen LogP) is 2.89. The van der Waals surface area contributed by atoms with Gasteiger partial charge >= 0.3 is 12.4 Å². The van der Waals surface area contributed by atoms with Crippen molar-refractivity contribution in [1.29, 1.82) is 5.26 Å². The summed E-state index contributed by atoms with van der Waals surface area (Å²) in [6, 6.07) is 1.43. The van der Waals surface area contributed by atoms with E-state index in [9.17, 15) is 26.3 Å². The molecular weight excluding hydrogens is 264 g/mol. The van der Waals surface area contributed by atoms with Gasteiger partial charge < -0.3 is 0 Å². The molecule has 98 valence electrons. The third kappa shape index (κ3) is 2.88. The fraction of sp³-hybridized carbons (Fsp3) is 0.444. The van der Waals surface area contributed by atoms with Crippen LogP contribution in [0.25, 0.3) is 0 Å². The van der Waals surface area contributed by atoms with Gasteiger partial charge in [-0.2, -0.15) is 31.6 Å². The van der Waals surface area contributed by atoms with Gasteiger partial charge in [-0.05, 0) is 6.92 Å². The van der Waals surface area contributed by atoms with Gasteiger partial charge in [-0.15, -0.1) is 0 Å². The van der Waals surface area contributed by atoms with Crippen LogP contribution in [0, 0.1) is 18.3 Å². The summed E-state index contributed by atoms with van der Waals surface area (Å²) in [5.41, 5.74) is -2.87. The van der Waals surface area contributed by atoms with Gasteiger partial charge in [0.25, 0.3) is 0 Å². The van der Waals surface area contributed by atoms with Crippen molar-refractivity contribution >= 4 is 0 Å². The number of aromatic nitrogens is 2. The zero-order valence-electron chi connectivity index (χ0n) is 8.82. The number of aryl methyl sites for hydroxylation is 1. The van der Waals surface area contributed by atoms with Gasteiger partial charge in [0.05, 0.1) is 12.5 Å². The van der Waals surface area contributed by atoms with Crippen molar-refractivity contribution in [3.05, 3.63) is 22.8 Å². The molecule has 0 saturated heterocycles. The summed E-state index contributed by atoms with van der Waals surface area (Å²) >= 11 is 0. The number of halogens is 6. The topological polar surface area (TPSA) is 49.6 Å². The van der Waals surface area contributed by atoms with Crippen LogP contribution >= 0.6 is 0 Å². The van der Waals surface area contributed by atoms with E-state index < -0.39 is 41.5 Å². The molecule has 0 amide bonds. The second-order valence-electron chi connectivity index (χ2n) is 3.29. The Labute approximate surface area is 97.1 Å². The standard InChI is InChI=1S/C9H5F6N3/c1-4-5(2-3-16)6(8(10,11)12)18-7(17-4)9(13,14)15/h2H2,1H3. The number of hydrogen-bond donors (Lipinski definition) is 0. The van der Waals surface area contributed by atoms with Gasteiger partial charge in [-0.3, -0.25) is 0 Å². The fourth-order valence-corrected chi connectivity index (χ4v) is 1.25. The van der Waals surface area contributed by atoms with E-state index in [-0.39, 0.29) is 0 Å². The van der Waals surface area contributed by atoms with Gasteiger partial charge in [-0.25, -0.2) is 9.97 Å². The lowest BCUT2D eigenvalue weighted by Crippen LogP contribution is -2.20. The molecule has 1 rings (SSSR count). The maximum atomic E-state index is 12.6. The summed E-state index contributed by atoms with van der Waals surface area (Å²) in [6.07, 6.45) is -10.9. The Kier molecular flexibility index (Phi) is 3.50. The Morgan fingerprint density at radius 1 is 1.06 bits per heavy atom. The maximum absolute atomic E-state index is 12.6. The van der Waals surface area contributed by atoms with Crippen LogP contribution in [0.15, 0.2) is 0 Å². The normalized spacial score (nSPS) is 12.3. The zero-order chi connectivity index (χ0) is 14.1. The van der Waals surface area contributed by atoms with E-state index in [0.717, 1.165) is 6.92 Å². The van der Waals surface area contributed by atoms with Crippen LogP contribution in [0.5, 0.6) is 0 Å². The van der Waals surface area contributed by atoms with Crippen molar-refractivity contribution in [3.8, 4) is 6.07 Å². The first-order chi connectivity index (χ1) is 8.07. The molecule has 0 spiro atoms. The van der Waals surface area contributed by atoms with Crippen LogP contribution < -0.4 is 0 Å². The Bertz CT molecular complexity index is 497. The Balaban J connectivity index is 3.54. The Hall–Kier alpha value is -1.85. The molecular formula is C9H5F6N3. The van der Waals surface area contributed by atoms with Crippen molar-refractivity contribution in [2.45, 2.75) is 25.7 Å². The highest BCUT2D eigenvalue weighted by Crippen LogP contribution is 2.34. The Morgan fingerprint density at radius 2 is 1.61 bits per heavy atom. The summed E-state index contributed by atoms with van der Waals surface area (Å²) in [5, 5.41) is 8.37. The largest absolute Gasteiger partial charge is 0.451 e. The fourth-order valence-electron chi connectivity index (χ4n) is 1.25. The van der Waals surface area contributed by atoms with Gasteiger partial charge in [0.1, 0.15) is 0 Å². The van der Waals surface area contributed by atoms with E-state index in [1.807, 2.05) is 0 Å². The smallest absolute Gasteiger partial charge is 0.229 e. The zero-order valence-corrected chi connectivity index (χ0v) is 8.82. The van der Waals surface area contributed by atoms with Crippen LogP contribution in [-0.2, 0) is 18.8 Å². The second kappa shape index (κ2) is 4.44. The predicted molar refractivity (Wildman–Crippen MR) is 46.1 cm³/mol. The number of nitrogens with zero attached hydrogens (tertiary/aromatic N) is 3. The molecule has 0 radical (unpaired) electrons. The second-order valence-corrected chi connectivity index (χ2v) is 3.29. The molecule has 0 bridgehead atoms. The quantitative estimate of drug-likeness (QED) is 0.736. The van der Waals surface area contributed by atoms with E-state index >= 15 is 0 Å².